The van der Waals surface area contributed by atoms with Crippen molar-refractivity contribution in [2.45, 2.75) is 49.8 Å². The highest BCUT2D eigenvalue weighted by Crippen LogP contribution is 2.35. The number of rotatable bonds is 8. The Hall–Kier alpha value is -3.13. The van der Waals surface area contributed by atoms with E-state index in [-0.39, 0.29) is 11.7 Å². The van der Waals surface area contributed by atoms with Crippen molar-refractivity contribution in [3.05, 3.63) is 71.2 Å². The molecule has 0 saturated carbocycles. The Bertz CT molecular complexity index is 1200. The Morgan fingerprint density at radius 2 is 1.89 bits per heavy atom. The fraction of sp³-hybridized carbons (Fsp3) is 0.370. The fourth-order valence-electron chi connectivity index (χ4n) is 4.12. The first-order valence-corrected chi connectivity index (χ1v) is 12.7. The number of thioether (sulfide) groups is 1. The molecule has 3 heterocycles. The van der Waals surface area contributed by atoms with Gasteiger partial charge in [-0.25, -0.2) is 9.37 Å². The van der Waals surface area contributed by atoms with Crippen molar-refractivity contribution in [2.24, 2.45) is 0 Å². The van der Waals surface area contributed by atoms with Crippen LogP contribution >= 0.6 is 11.8 Å². The lowest BCUT2D eigenvalue weighted by Gasteiger charge is -2.28. The van der Waals surface area contributed by atoms with Gasteiger partial charge in [0.05, 0.1) is 11.3 Å². The SMILES string of the molecule is CNc1ccc(Cn2nc(C(F)=Cc3ccc(SC(C)(C)C(=O)N4CCCC4)cc3)cc2C)cn1. The van der Waals surface area contributed by atoms with E-state index >= 15 is 4.39 Å². The molecule has 0 aliphatic carbocycles. The monoisotopic (exact) mass is 493 g/mol. The number of amides is 1. The zero-order valence-corrected chi connectivity index (χ0v) is 21.5. The molecule has 2 aromatic heterocycles. The molecule has 1 aromatic carbocycles. The zero-order chi connectivity index (χ0) is 25.0. The van der Waals surface area contributed by atoms with E-state index in [1.807, 2.05) is 69.1 Å². The number of hydrogen-bond acceptors (Lipinski definition) is 5. The first-order valence-electron chi connectivity index (χ1n) is 11.9. The molecule has 3 aromatic rings. The number of carbonyl (C=O) groups is 1. The molecule has 8 heteroatoms. The Balaban J connectivity index is 1.42. The maximum atomic E-state index is 15.0. The molecule has 1 amide bonds. The number of aryl methyl sites for hydroxylation is 1. The number of aromatic nitrogens is 3. The van der Waals surface area contributed by atoms with Crippen LogP contribution in [0.4, 0.5) is 10.2 Å². The number of benzene rings is 1. The summed E-state index contributed by atoms with van der Waals surface area (Å²) in [7, 11) is 1.82. The smallest absolute Gasteiger partial charge is 0.238 e. The lowest BCUT2D eigenvalue weighted by atomic mass is 10.2. The normalized spacial score (nSPS) is 14.4. The molecule has 1 N–H and O–H groups in total. The van der Waals surface area contributed by atoms with E-state index in [0.717, 1.165) is 53.5 Å². The summed E-state index contributed by atoms with van der Waals surface area (Å²) in [5.41, 5.74) is 2.91. The maximum absolute atomic E-state index is 15.0. The molecule has 0 atom stereocenters. The van der Waals surface area contributed by atoms with E-state index in [4.69, 9.17) is 0 Å². The molecule has 1 fully saturated rings. The van der Waals surface area contributed by atoms with Gasteiger partial charge in [0.25, 0.3) is 0 Å². The van der Waals surface area contributed by atoms with E-state index in [9.17, 15) is 4.79 Å². The number of anilines is 1. The maximum Gasteiger partial charge on any atom is 0.238 e. The summed E-state index contributed by atoms with van der Waals surface area (Å²) in [6.07, 6.45) is 5.44. The van der Waals surface area contributed by atoms with Crippen LogP contribution in [0.15, 0.2) is 53.6 Å². The molecule has 1 aliphatic rings. The van der Waals surface area contributed by atoms with Gasteiger partial charge in [0.15, 0.2) is 5.83 Å². The van der Waals surface area contributed by atoms with Crippen LogP contribution in [0.1, 0.15) is 49.2 Å². The van der Waals surface area contributed by atoms with Crippen molar-refractivity contribution >= 4 is 35.4 Å². The first-order chi connectivity index (χ1) is 16.7. The van der Waals surface area contributed by atoms with Gasteiger partial charge in [-0.05, 0) is 75.1 Å². The molecule has 0 spiro atoms. The van der Waals surface area contributed by atoms with Crippen molar-refractivity contribution < 1.29 is 9.18 Å². The van der Waals surface area contributed by atoms with Crippen molar-refractivity contribution in [3.8, 4) is 0 Å². The molecule has 0 radical (unpaired) electrons. The average Bonchev–Trinajstić information content (AvgIpc) is 3.50. The fourth-order valence-corrected chi connectivity index (χ4v) is 5.20. The van der Waals surface area contributed by atoms with Gasteiger partial charge < -0.3 is 10.2 Å². The Morgan fingerprint density at radius 3 is 2.51 bits per heavy atom. The third-order valence-corrected chi connectivity index (χ3v) is 7.29. The second-order valence-corrected chi connectivity index (χ2v) is 11.0. The number of halogens is 1. The summed E-state index contributed by atoms with van der Waals surface area (Å²) in [6.45, 7) is 8.07. The van der Waals surface area contributed by atoms with Gasteiger partial charge in [0.2, 0.25) is 5.91 Å². The summed E-state index contributed by atoms with van der Waals surface area (Å²) in [5, 5.41) is 7.44. The van der Waals surface area contributed by atoms with Crippen molar-refractivity contribution in [1.29, 1.82) is 0 Å². The minimum atomic E-state index is -0.541. The summed E-state index contributed by atoms with van der Waals surface area (Å²) in [5.74, 6) is 0.585. The minimum Gasteiger partial charge on any atom is -0.373 e. The molecule has 4 rings (SSSR count). The molecule has 184 valence electrons. The highest BCUT2D eigenvalue weighted by molar-refractivity contribution is 8.01. The molecule has 35 heavy (non-hydrogen) atoms. The summed E-state index contributed by atoms with van der Waals surface area (Å²) < 4.78 is 16.2. The van der Waals surface area contributed by atoms with Crippen LogP contribution in [-0.4, -0.2) is 50.5 Å². The van der Waals surface area contributed by atoms with E-state index < -0.39 is 4.75 Å². The number of nitrogens with zero attached hydrogens (tertiary/aromatic N) is 4. The van der Waals surface area contributed by atoms with Crippen LogP contribution in [0.25, 0.3) is 11.9 Å². The van der Waals surface area contributed by atoms with E-state index in [1.165, 1.54) is 6.08 Å². The van der Waals surface area contributed by atoms with E-state index in [2.05, 4.69) is 15.4 Å². The van der Waals surface area contributed by atoms with Crippen LogP contribution < -0.4 is 5.32 Å². The van der Waals surface area contributed by atoms with Crippen molar-refractivity contribution in [3.63, 3.8) is 0 Å². The van der Waals surface area contributed by atoms with Gasteiger partial charge in [-0.1, -0.05) is 18.2 Å². The Morgan fingerprint density at radius 1 is 1.17 bits per heavy atom. The average molecular weight is 494 g/mol. The van der Waals surface area contributed by atoms with Gasteiger partial charge in [-0.15, -0.1) is 11.8 Å². The third kappa shape index (κ3) is 6.11. The van der Waals surface area contributed by atoms with Gasteiger partial charge in [0, 0.05) is 36.9 Å². The van der Waals surface area contributed by atoms with E-state index in [1.54, 1.807) is 28.7 Å². The first kappa shape index (κ1) is 25.0. The molecular formula is C27H32FN5OS. The predicted octanol–water partition coefficient (Wildman–Crippen LogP) is 5.64. The van der Waals surface area contributed by atoms with Gasteiger partial charge in [-0.2, -0.15) is 5.10 Å². The number of carbonyl (C=O) groups excluding carboxylic acids is 1. The van der Waals surface area contributed by atoms with Crippen LogP contribution in [0.3, 0.4) is 0 Å². The molecule has 6 nitrogen and oxygen atoms in total. The lowest BCUT2D eigenvalue weighted by Crippen LogP contribution is -2.41. The lowest BCUT2D eigenvalue weighted by molar-refractivity contribution is -0.131. The van der Waals surface area contributed by atoms with Crippen LogP contribution in [-0.2, 0) is 11.3 Å². The standard InChI is InChI=1S/C27H32FN5OS/c1-19-15-24(31-33(19)18-21-9-12-25(29-4)30-17-21)23(28)16-20-7-10-22(11-8-20)35-27(2,3)26(34)32-13-5-6-14-32/h7-12,15-17H,5-6,13-14,18H2,1-4H3,(H,29,30). The Labute approximate surface area is 210 Å². The number of likely N-dealkylation sites (tertiary alicyclic amines) is 1. The van der Waals surface area contributed by atoms with Crippen molar-refractivity contribution in [1.82, 2.24) is 19.7 Å². The summed E-state index contributed by atoms with van der Waals surface area (Å²) in [4.78, 5) is 20.1. The minimum absolute atomic E-state index is 0.176. The molecule has 0 unspecified atom stereocenters. The van der Waals surface area contributed by atoms with Gasteiger partial charge in [0.1, 0.15) is 11.5 Å². The zero-order valence-electron chi connectivity index (χ0n) is 20.7. The second-order valence-electron chi connectivity index (χ2n) is 9.30. The largest absolute Gasteiger partial charge is 0.373 e. The van der Waals surface area contributed by atoms with Crippen LogP contribution in [0.2, 0.25) is 0 Å². The molecular weight excluding hydrogens is 461 g/mol. The molecule has 1 saturated heterocycles. The van der Waals surface area contributed by atoms with Crippen LogP contribution in [0, 0.1) is 6.92 Å². The summed E-state index contributed by atoms with van der Waals surface area (Å²) >= 11 is 1.54. The van der Waals surface area contributed by atoms with Crippen molar-refractivity contribution in [2.75, 3.05) is 25.5 Å². The quantitative estimate of drug-likeness (QED) is 0.412. The topological polar surface area (TPSA) is 63.1 Å². The summed E-state index contributed by atoms with van der Waals surface area (Å²) in [6, 6.07) is 13.3. The van der Waals surface area contributed by atoms with Gasteiger partial charge >= 0.3 is 0 Å². The number of hydrogen-bond donors (Lipinski definition) is 1. The highest BCUT2D eigenvalue weighted by atomic mass is 32.2. The van der Waals surface area contributed by atoms with E-state index in [0.29, 0.717) is 12.2 Å². The Kier molecular flexibility index (Phi) is 7.60. The predicted molar refractivity (Wildman–Crippen MR) is 141 cm³/mol. The van der Waals surface area contributed by atoms with Crippen LogP contribution in [0.5, 0.6) is 0 Å². The molecule has 0 bridgehead atoms. The highest BCUT2D eigenvalue weighted by Gasteiger charge is 2.34. The number of pyridine rings is 1. The van der Waals surface area contributed by atoms with Gasteiger partial charge in [-0.3, -0.25) is 9.48 Å². The second kappa shape index (κ2) is 10.6. The third-order valence-electron chi connectivity index (χ3n) is 6.09. The number of nitrogens with one attached hydrogen (secondary N) is 1. The molecule has 1 aliphatic heterocycles.